The van der Waals surface area contributed by atoms with Gasteiger partial charge in [-0.1, -0.05) is 65.3 Å². The van der Waals surface area contributed by atoms with Crippen molar-refractivity contribution >= 4 is 23.3 Å². The molecule has 1 heterocycles. The van der Waals surface area contributed by atoms with Gasteiger partial charge in [-0.15, -0.1) is 0 Å². The number of urea groups is 1. The second-order valence-corrected chi connectivity index (χ2v) is 7.33. The van der Waals surface area contributed by atoms with Crippen LogP contribution in [0, 0.1) is 0 Å². The highest BCUT2D eigenvalue weighted by Crippen LogP contribution is 2.23. The minimum absolute atomic E-state index is 0.0650. The lowest BCUT2D eigenvalue weighted by Crippen LogP contribution is -2.45. The Morgan fingerprint density at radius 1 is 1.22 bits per heavy atom. The highest BCUT2D eigenvalue weighted by atomic mass is 35.5. The minimum Gasteiger partial charge on any atom is -0.390 e. The third-order valence-electron chi connectivity index (χ3n) is 4.26. The van der Waals surface area contributed by atoms with Gasteiger partial charge in [-0.25, -0.2) is 4.79 Å². The van der Waals surface area contributed by atoms with Crippen LogP contribution in [0.25, 0.3) is 0 Å². The molecule has 2 aromatic rings. The zero-order valence-electron chi connectivity index (χ0n) is 15.6. The van der Waals surface area contributed by atoms with Gasteiger partial charge in [-0.05, 0) is 25.5 Å². The number of oxime groups is 1. The number of amides is 2. The molecule has 6 heteroatoms. The molecule has 1 aliphatic heterocycles. The van der Waals surface area contributed by atoms with E-state index in [1.54, 1.807) is 4.90 Å². The van der Waals surface area contributed by atoms with Crippen molar-refractivity contribution in [1.29, 1.82) is 0 Å². The molecule has 0 radical (unpaired) electrons. The molecule has 0 bridgehead atoms. The number of nitrogens with one attached hydrogen (secondary N) is 1. The summed E-state index contributed by atoms with van der Waals surface area (Å²) in [6.07, 6.45) is 0.419. The van der Waals surface area contributed by atoms with Crippen molar-refractivity contribution in [3.8, 4) is 0 Å². The molecule has 0 saturated heterocycles. The lowest BCUT2D eigenvalue weighted by molar-refractivity contribution is 0.0586. The summed E-state index contributed by atoms with van der Waals surface area (Å²) < 4.78 is 0. The molecule has 1 N–H and O–H groups in total. The van der Waals surface area contributed by atoms with E-state index in [9.17, 15) is 4.79 Å². The molecule has 1 aliphatic rings. The Bertz CT molecular complexity index is 808. The fourth-order valence-electron chi connectivity index (χ4n) is 2.99. The van der Waals surface area contributed by atoms with Gasteiger partial charge >= 0.3 is 6.03 Å². The average Bonchev–Trinajstić information content (AvgIpc) is 3.10. The van der Waals surface area contributed by atoms with Gasteiger partial charge in [0, 0.05) is 29.6 Å². The second-order valence-electron chi connectivity index (χ2n) is 6.92. The van der Waals surface area contributed by atoms with E-state index in [0.29, 0.717) is 24.5 Å². The van der Waals surface area contributed by atoms with Crippen LogP contribution in [0.5, 0.6) is 0 Å². The lowest BCUT2D eigenvalue weighted by atomic mass is 10.0. The highest BCUT2D eigenvalue weighted by molar-refractivity contribution is 6.34. The first-order valence-corrected chi connectivity index (χ1v) is 9.47. The van der Waals surface area contributed by atoms with Crippen molar-refractivity contribution in [1.82, 2.24) is 10.2 Å². The average molecular weight is 386 g/mol. The quantitative estimate of drug-likeness (QED) is 0.798. The Balaban J connectivity index is 1.67. The van der Waals surface area contributed by atoms with E-state index in [-0.39, 0.29) is 18.2 Å². The van der Waals surface area contributed by atoms with E-state index in [1.807, 2.05) is 68.4 Å². The van der Waals surface area contributed by atoms with Crippen LogP contribution < -0.4 is 5.32 Å². The lowest BCUT2D eigenvalue weighted by Gasteiger charge is -2.26. The molecule has 1 unspecified atom stereocenters. The fourth-order valence-corrected chi connectivity index (χ4v) is 3.23. The molecule has 5 nitrogen and oxygen atoms in total. The predicted octanol–water partition coefficient (Wildman–Crippen LogP) is 4.45. The van der Waals surface area contributed by atoms with Gasteiger partial charge in [-0.2, -0.15) is 0 Å². The normalized spacial score (nSPS) is 16.0. The molecule has 0 aromatic heterocycles. The summed E-state index contributed by atoms with van der Waals surface area (Å²) in [4.78, 5) is 20.0. The fraction of sp³-hybridized carbons (Fsp3) is 0.333. The Morgan fingerprint density at radius 3 is 2.63 bits per heavy atom. The van der Waals surface area contributed by atoms with E-state index in [1.165, 1.54) is 0 Å². The van der Waals surface area contributed by atoms with Crippen LogP contribution >= 0.6 is 11.6 Å². The van der Waals surface area contributed by atoms with E-state index < -0.39 is 0 Å². The van der Waals surface area contributed by atoms with Crippen LogP contribution in [0.4, 0.5) is 4.79 Å². The van der Waals surface area contributed by atoms with E-state index >= 15 is 0 Å². The summed E-state index contributed by atoms with van der Waals surface area (Å²) in [5.41, 5.74) is 2.76. The van der Waals surface area contributed by atoms with Gasteiger partial charge in [-0.3, -0.25) is 0 Å². The Labute approximate surface area is 165 Å². The van der Waals surface area contributed by atoms with Crippen LogP contribution in [0.1, 0.15) is 31.4 Å². The maximum atomic E-state index is 12.7. The first kappa shape index (κ1) is 19.2. The summed E-state index contributed by atoms with van der Waals surface area (Å²) in [6.45, 7) is 4.86. The van der Waals surface area contributed by atoms with Crippen LogP contribution in [0.2, 0.25) is 5.02 Å². The number of hydrogen-bond donors (Lipinski definition) is 1. The van der Waals surface area contributed by atoms with E-state index in [0.717, 1.165) is 16.8 Å². The number of halogens is 1. The largest absolute Gasteiger partial charge is 0.390 e. The summed E-state index contributed by atoms with van der Waals surface area (Å²) in [5.74, 6) is 0. The Kier molecular flexibility index (Phi) is 6.35. The SMILES string of the molecule is CC(C)NC(=O)N(Cc1ccccc1)CC1CC(c2ccccc2Cl)=NO1. The monoisotopic (exact) mass is 385 g/mol. The smallest absolute Gasteiger partial charge is 0.318 e. The van der Waals surface area contributed by atoms with Crippen molar-refractivity contribution in [2.24, 2.45) is 5.16 Å². The highest BCUT2D eigenvalue weighted by Gasteiger charge is 2.27. The van der Waals surface area contributed by atoms with Gasteiger partial charge in [0.2, 0.25) is 0 Å². The zero-order valence-corrected chi connectivity index (χ0v) is 16.3. The predicted molar refractivity (Wildman–Crippen MR) is 108 cm³/mol. The molecule has 0 fully saturated rings. The van der Waals surface area contributed by atoms with Crippen LogP contribution in [0.3, 0.4) is 0 Å². The molecule has 2 amide bonds. The van der Waals surface area contributed by atoms with Crippen molar-refractivity contribution in [3.63, 3.8) is 0 Å². The first-order chi connectivity index (χ1) is 13.0. The van der Waals surface area contributed by atoms with Gasteiger partial charge < -0.3 is 15.1 Å². The molecular weight excluding hydrogens is 362 g/mol. The third kappa shape index (κ3) is 5.23. The van der Waals surface area contributed by atoms with Crippen LogP contribution in [-0.2, 0) is 11.4 Å². The Morgan fingerprint density at radius 2 is 1.93 bits per heavy atom. The molecule has 0 saturated carbocycles. The summed E-state index contributed by atoms with van der Waals surface area (Å²) >= 11 is 6.26. The maximum absolute atomic E-state index is 12.7. The van der Waals surface area contributed by atoms with E-state index in [4.69, 9.17) is 16.4 Å². The number of nitrogens with zero attached hydrogens (tertiary/aromatic N) is 2. The molecule has 0 aliphatic carbocycles. The van der Waals surface area contributed by atoms with Gasteiger partial charge in [0.05, 0.1) is 12.3 Å². The van der Waals surface area contributed by atoms with Crippen molar-refractivity contribution < 1.29 is 9.63 Å². The number of carbonyl (C=O) groups is 1. The number of carbonyl (C=O) groups excluding carboxylic acids is 1. The van der Waals surface area contributed by atoms with Gasteiger partial charge in [0.1, 0.15) is 0 Å². The summed E-state index contributed by atoms with van der Waals surface area (Å²) in [7, 11) is 0. The summed E-state index contributed by atoms with van der Waals surface area (Å²) in [5, 5.41) is 7.82. The van der Waals surface area contributed by atoms with Crippen molar-refractivity contribution in [3.05, 3.63) is 70.7 Å². The molecule has 0 spiro atoms. The summed E-state index contributed by atoms with van der Waals surface area (Å²) in [6, 6.07) is 17.5. The number of benzene rings is 2. The molecule has 142 valence electrons. The third-order valence-corrected chi connectivity index (χ3v) is 4.59. The second kappa shape index (κ2) is 8.91. The zero-order chi connectivity index (χ0) is 19.2. The molecule has 3 rings (SSSR count). The molecule has 1 atom stereocenters. The van der Waals surface area contributed by atoms with E-state index in [2.05, 4.69) is 10.5 Å². The number of hydrogen-bond acceptors (Lipinski definition) is 3. The van der Waals surface area contributed by atoms with Crippen LogP contribution in [0.15, 0.2) is 59.8 Å². The van der Waals surface area contributed by atoms with Crippen molar-refractivity contribution in [2.45, 2.75) is 39.0 Å². The van der Waals surface area contributed by atoms with Crippen LogP contribution in [-0.4, -0.2) is 35.3 Å². The van der Waals surface area contributed by atoms with Gasteiger partial charge in [0.15, 0.2) is 6.10 Å². The minimum atomic E-state index is -0.196. The molecule has 2 aromatic carbocycles. The maximum Gasteiger partial charge on any atom is 0.318 e. The van der Waals surface area contributed by atoms with Gasteiger partial charge in [0.25, 0.3) is 0 Å². The number of rotatable bonds is 6. The standard InChI is InChI=1S/C21H24ClN3O2/c1-15(2)23-21(26)25(13-16-8-4-3-5-9-16)14-17-12-20(24-27-17)18-10-6-7-11-19(18)22/h3-11,15,17H,12-14H2,1-2H3,(H,23,26). The molecular formula is C21H24ClN3O2. The Hall–Kier alpha value is -2.53. The first-order valence-electron chi connectivity index (χ1n) is 9.10. The van der Waals surface area contributed by atoms with Crippen molar-refractivity contribution in [2.75, 3.05) is 6.54 Å². The topological polar surface area (TPSA) is 53.9 Å². The molecule has 27 heavy (non-hydrogen) atoms.